The Labute approximate surface area is 124 Å². The number of hydrogen-bond donors (Lipinski definition) is 1. The maximum Gasteiger partial charge on any atom is 0.240 e. The topological polar surface area (TPSA) is 68.2 Å². The molecule has 0 unspecified atom stereocenters. The zero-order valence-corrected chi connectivity index (χ0v) is 13.6. The summed E-state index contributed by atoms with van der Waals surface area (Å²) in [5.41, 5.74) is 5.35. The van der Waals surface area contributed by atoms with Gasteiger partial charge in [-0.15, -0.1) is 11.3 Å². The van der Waals surface area contributed by atoms with Crippen LogP contribution in [-0.2, 0) is 18.6 Å². The molecule has 0 aliphatic carbocycles. The second kappa shape index (κ2) is 5.70. The maximum absolute atomic E-state index is 5.93. The number of rotatable bonds is 5. The number of thiophene rings is 1. The molecular formula is C12H17BrN4OS. The van der Waals surface area contributed by atoms with E-state index in [1.807, 2.05) is 20.9 Å². The number of nitrogens with two attached hydrogens (primary N) is 1. The Morgan fingerprint density at radius 2 is 2.21 bits per heavy atom. The first-order chi connectivity index (χ1) is 8.84. The van der Waals surface area contributed by atoms with Gasteiger partial charge in [0.15, 0.2) is 5.82 Å². The Kier molecular flexibility index (Phi) is 4.39. The van der Waals surface area contributed by atoms with Crippen molar-refractivity contribution in [2.45, 2.75) is 32.5 Å². The second-order valence-electron chi connectivity index (χ2n) is 5.14. The van der Waals surface area contributed by atoms with Crippen LogP contribution in [-0.4, -0.2) is 22.1 Å². The summed E-state index contributed by atoms with van der Waals surface area (Å²) in [4.78, 5) is 7.73. The van der Waals surface area contributed by atoms with Crippen molar-refractivity contribution in [1.29, 1.82) is 0 Å². The minimum absolute atomic E-state index is 0.537. The van der Waals surface area contributed by atoms with Gasteiger partial charge in [-0.3, -0.25) is 4.90 Å². The molecule has 7 heteroatoms. The van der Waals surface area contributed by atoms with E-state index in [1.54, 1.807) is 11.3 Å². The molecular weight excluding hydrogens is 328 g/mol. The highest BCUT2D eigenvalue weighted by atomic mass is 79.9. The lowest BCUT2D eigenvalue weighted by Crippen LogP contribution is -2.30. The molecule has 0 saturated carbocycles. The summed E-state index contributed by atoms with van der Waals surface area (Å²) in [6.07, 6.45) is 0. The van der Waals surface area contributed by atoms with Crippen LogP contribution in [0.4, 0.5) is 0 Å². The highest BCUT2D eigenvalue weighted by Crippen LogP contribution is 2.21. The minimum atomic E-state index is -0.570. The van der Waals surface area contributed by atoms with Gasteiger partial charge in [-0.25, -0.2) is 0 Å². The van der Waals surface area contributed by atoms with Gasteiger partial charge in [0.05, 0.1) is 12.1 Å². The highest BCUT2D eigenvalue weighted by molar-refractivity contribution is 9.10. The normalized spacial score (nSPS) is 12.3. The third kappa shape index (κ3) is 4.10. The molecule has 0 saturated heterocycles. The first kappa shape index (κ1) is 14.6. The molecule has 19 heavy (non-hydrogen) atoms. The standard InChI is InChI=1S/C12H17BrN4OS/c1-12(2,14)11-15-10(18-16-11)6-17(3)5-9-4-8(13)7-19-9/h4,7H,5-6,14H2,1-3H3. The van der Waals surface area contributed by atoms with Crippen LogP contribution in [0.3, 0.4) is 0 Å². The molecule has 2 aromatic heterocycles. The van der Waals surface area contributed by atoms with E-state index < -0.39 is 5.54 Å². The van der Waals surface area contributed by atoms with Crippen LogP contribution in [0.5, 0.6) is 0 Å². The van der Waals surface area contributed by atoms with Crippen molar-refractivity contribution in [3.63, 3.8) is 0 Å². The highest BCUT2D eigenvalue weighted by Gasteiger charge is 2.21. The molecule has 2 heterocycles. The van der Waals surface area contributed by atoms with Crippen molar-refractivity contribution >= 4 is 27.3 Å². The van der Waals surface area contributed by atoms with Crippen LogP contribution >= 0.6 is 27.3 Å². The van der Waals surface area contributed by atoms with Gasteiger partial charge in [-0.05, 0) is 42.9 Å². The quantitative estimate of drug-likeness (QED) is 0.902. The van der Waals surface area contributed by atoms with Crippen molar-refractivity contribution < 1.29 is 4.52 Å². The fourth-order valence-corrected chi connectivity index (χ4v) is 3.10. The third-order valence-electron chi connectivity index (χ3n) is 2.50. The Balaban J connectivity index is 1.95. The monoisotopic (exact) mass is 344 g/mol. The molecule has 104 valence electrons. The maximum atomic E-state index is 5.93. The molecule has 0 aliphatic heterocycles. The van der Waals surface area contributed by atoms with Crippen LogP contribution in [0.25, 0.3) is 0 Å². The first-order valence-corrected chi connectivity index (χ1v) is 7.55. The number of hydrogen-bond acceptors (Lipinski definition) is 6. The molecule has 0 bridgehead atoms. The Bertz CT molecular complexity index is 546. The molecule has 0 radical (unpaired) electrons. The van der Waals surface area contributed by atoms with Gasteiger partial charge in [0.1, 0.15) is 0 Å². The minimum Gasteiger partial charge on any atom is -0.338 e. The predicted octanol–water partition coefficient (Wildman–Crippen LogP) is 2.72. The van der Waals surface area contributed by atoms with E-state index in [0.29, 0.717) is 18.3 Å². The third-order valence-corrected chi connectivity index (χ3v) is 4.18. The van der Waals surface area contributed by atoms with E-state index in [0.717, 1.165) is 11.0 Å². The van der Waals surface area contributed by atoms with Gasteiger partial charge in [-0.1, -0.05) is 5.16 Å². The Morgan fingerprint density at radius 3 is 2.74 bits per heavy atom. The van der Waals surface area contributed by atoms with E-state index in [4.69, 9.17) is 10.3 Å². The average Bonchev–Trinajstić information content (AvgIpc) is 2.87. The van der Waals surface area contributed by atoms with E-state index in [-0.39, 0.29) is 0 Å². The number of aromatic nitrogens is 2. The van der Waals surface area contributed by atoms with Crippen LogP contribution in [0.2, 0.25) is 0 Å². The van der Waals surface area contributed by atoms with Gasteiger partial charge in [-0.2, -0.15) is 4.98 Å². The largest absolute Gasteiger partial charge is 0.338 e. The number of nitrogens with zero attached hydrogens (tertiary/aromatic N) is 3. The summed E-state index contributed by atoms with van der Waals surface area (Å²) in [6.45, 7) is 5.17. The van der Waals surface area contributed by atoms with Crippen molar-refractivity contribution in [3.8, 4) is 0 Å². The summed E-state index contributed by atoms with van der Waals surface area (Å²) in [5, 5.41) is 5.98. The van der Waals surface area contributed by atoms with E-state index in [2.05, 4.69) is 42.4 Å². The fourth-order valence-electron chi connectivity index (χ4n) is 1.57. The summed E-state index contributed by atoms with van der Waals surface area (Å²) in [7, 11) is 2.02. The second-order valence-corrected chi connectivity index (χ2v) is 7.05. The smallest absolute Gasteiger partial charge is 0.240 e. The Hall–Kier alpha value is -0.760. The molecule has 0 atom stereocenters. The Morgan fingerprint density at radius 1 is 1.47 bits per heavy atom. The molecule has 2 aromatic rings. The summed E-state index contributed by atoms with van der Waals surface area (Å²) in [6, 6.07) is 2.11. The van der Waals surface area contributed by atoms with Crippen molar-refractivity contribution in [1.82, 2.24) is 15.0 Å². The van der Waals surface area contributed by atoms with E-state index >= 15 is 0 Å². The van der Waals surface area contributed by atoms with Crippen LogP contribution < -0.4 is 5.73 Å². The predicted molar refractivity (Wildman–Crippen MR) is 78.7 cm³/mol. The van der Waals surface area contributed by atoms with Gasteiger partial charge in [0.25, 0.3) is 0 Å². The lowest BCUT2D eigenvalue weighted by atomic mass is 10.1. The van der Waals surface area contributed by atoms with Gasteiger partial charge >= 0.3 is 0 Å². The van der Waals surface area contributed by atoms with Gasteiger partial charge in [0, 0.05) is 21.3 Å². The molecule has 2 N–H and O–H groups in total. The zero-order valence-electron chi connectivity index (χ0n) is 11.2. The molecule has 0 aromatic carbocycles. The van der Waals surface area contributed by atoms with Crippen molar-refractivity contribution in [2.75, 3.05) is 7.05 Å². The van der Waals surface area contributed by atoms with E-state index in [9.17, 15) is 0 Å². The fraction of sp³-hybridized carbons (Fsp3) is 0.500. The zero-order chi connectivity index (χ0) is 14.0. The van der Waals surface area contributed by atoms with Crippen molar-refractivity contribution in [3.05, 3.63) is 32.5 Å². The van der Waals surface area contributed by atoms with Crippen LogP contribution in [0.1, 0.15) is 30.4 Å². The lowest BCUT2D eigenvalue weighted by molar-refractivity contribution is 0.261. The molecule has 0 fully saturated rings. The summed E-state index contributed by atoms with van der Waals surface area (Å²) < 4.78 is 6.33. The summed E-state index contributed by atoms with van der Waals surface area (Å²) >= 11 is 5.17. The molecule has 5 nitrogen and oxygen atoms in total. The molecule has 2 rings (SSSR count). The van der Waals surface area contributed by atoms with E-state index in [1.165, 1.54) is 4.88 Å². The lowest BCUT2D eigenvalue weighted by Gasteiger charge is -2.13. The molecule has 0 amide bonds. The average molecular weight is 345 g/mol. The summed E-state index contributed by atoms with van der Waals surface area (Å²) in [5.74, 6) is 1.13. The SMILES string of the molecule is CN(Cc1nc(C(C)(C)N)no1)Cc1cc(Br)cs1. The number of halogens is 1. The molecule has 0 aliphatic rings. The van der Waals surface area contributed by atoms with Crippen LogP contribution in [0.15, 0.2) is 20.4 Å². The first-order valence-electron chi connectivity index (χ1n) is 5.88. The van der Waals surface area contributed by atoms with Crippen molar-refractivity contribution in [2.24, 2.45) is 5.73 Å². The van der Waals surface area contributed by atoms with Gasteiger partial charge < -0.3 is 10.3 Å². The van der Waals surface area contributed by atoms with Gasteiger partial charge in [0.2, 0.25) is 5.89 Å². The molecule has 0 spiro atoms. The van der Waals surface area contributed by atoms with Crippen LogP contribution in [0, 0.1) is 0 Å².